The van der Waals surface area contributed by atoms with E-state index in [1.165, 1.54) is 31.4 Å². The van der Waals surface area contributed by atoms with Crippen LogP contribution < -0.4 is 20.1 Å². The molecule has 0 saturated heterocycles. The average Bonchev–Trinajstić information content (AvgIpc) is 2.54. The molecular weight excluding hydrogens is 297 g/mol. The van der Waals surface area contributed by atoms with Gasteiger partial charge in [0.15, 0.2) is 0 Å². The fourth-order valence-corrected chi connectivity index (χ4v) is 2.20. The average molecular weight is 315 g/mol. The van der Waals surface area contributed by atoms with Crippen LogP contribution in [-0.2, 0) is 0 Å². The Bertz CT molecular complexity index is 724. The second kappa shape index (κ2) is 6.83. The van der Waals surface area contributed by atoms with Gasteiger partial charge >= 0.3 is 0 Å². The second-order valence-corrected chi connectivity index (χ2v) is 4.68. The number of hydrogen-bond acceptors (Lipinski definition) is 5. The molecule has 0 aliphatic carbocycles. The van der Waals surface area contributed by atoms with Crippen LogP contribution in [0.1, 0.15) is 5.56 Å². The van der Waals surface area contributed by atoms with Crippen molar-refractivity contribution in [2.45, 2.75) is 0 Å². The molecule has 0 spiro atoms. The molecular formula is C17H18FN3O2. The number of methoxy groups -OCH3 is 2. The number of nitrogens with two attached hydrogens (primary N) is 1. The van der Waals surface area contributed by atoms with E-state index in [4.69, 9.17) is 15.2 Å². The number of pyridine rings is 1. The molecule has 1 aromatic carbocycles. The lowest BCUT2D eigenvalue weighted by Crippen LogP contribution is -2.26. The maximum atomic E-state index is 13.5. The van der Waals surface area contributed by atoms with Gasteiger partial charge in [-0.1, -0.05) is 19.2 Å². The number of nitrogens with zero attached hydrogens (tertiary/aromatic N) is 2. The van der Waals surface area contributed by atoms with Crippen LogP contribution >= 0.6 is 0 Å². The minimum Gasteiger partial charge on any atom is -0.494 e. The summed E-state index contributed by atoms with van der Waals surface area (Å²) in [6, 6.07) is 6.61. The van der Waals surface area contributed by atoms with E-state index in [1.54, 1.807) is 18.2 Å². The predicted octanol–water partition coefficient (Wildman–Crippen LogP) is 3.15. The van der Waals surface area contributed by atoms with E-state index in [0.29, 0.717) is 28.4 Å². The number of halogens is 1. The van der Waals surface area contributed by atoms with Crippen LogP contribution in [-0.4, -0.2) is 19.2 Å². The normalized spacial score (nSPS) is 10.0. The molecule has 0 bridgehead atoms. The number of anilines is 1. The Morgan fingerprint density at radius 2 is 1.78 bits per heavy atom. The first-order chi connectivity index (χ1) is 11.0. The number of aromatic nitrogens is 1. The van der Waals surface area contributed by atoms with E-state index in [0.717, 1.165) is 6.20 Å². The maximum Gasteiger partial charge on any atom is 0.146 e. The molecule has 2 aromatic rings. The molecule has 0 aliphatic heterocycles. The molecule has 0 atom stereocenters. The van der Waals surface area contributed by atoms with Crippen LogP contribution in [0, 0.1) is 5.82 Å². The van der Waals surface area contributed by atoms with Gasteiger partial charge in [0.1, 0.15) is 28.8 Å². The van der Waals surface area contributed by atoms with Crippen LogP contribution in [0.3, 0.4) is 0 Å². The van der Waals surface area contributed by atoms with Crippen molar-refractivity contribution >= 4 is 11.4 Å². The Morgan fingerprint density at radius 3 is 2.26 bits per heavy atom. The molecule has 2 N–H and O–H groups in total. The molecule has 0 unspecified atom stereocenters. The fraction of sp³-hybridized carbons (Fsp3) is 0.118. The summed E-state index contributed by atoms with van der Waals surface area (Å²) >= 11 is 0. The summed E-state index contributed by atoms with van der Waals surface area (Å²) in [6.07, 6.45) is 2.60. The van der Waals surface area contributed by atoms with E-state index in [9.17, 15) is 4.39 Å². The summed E-state index contributed by atoms with van der Waals surface area (Å²) in [5.41, 5.74) is 7.32. The van der Waals surface area contributed by atoms with Crippen LogP contribution in [0.15, 0.2) is 55.6 Å². The quantitative estimate of drug-likeness (QED) is 0.887. The third-order valence-corrected chi connectivity index (χ3v) is 3.22. The summed E-state index contributed by atoms with van der Waals surface area (Å²) in [7, 11) is 3.06. The van der Waals surface area contributed by atoms with Gasteiger partial charge in [-0.3, -0.25) is 9.88 Å². The molecule has 6 heteroatoms. The lowest BCUT2D eigenvalue weighted by atomic mass is 10.1. The van der Waals surface area contributed by atoms with Gasteiger partial charge in [0.2, 0.25) is 0 Å². The lowest BCUT2D eigenvalue weighted by Gasteiger charge is -2.29. The minimum absolute atomic E-state index is 0.182. The van der Waals surface area contributed by atoms with E-state index in [1.807, 2.05) is 0 Å². The Hall–Kier alpha value is -3.02. The highest BCUT2D eigenvalue weighted by Crippen LogP contribution is 2.42. The van der Waals surface area contributed by atoms with Crippen molar-refractivity contribution in [3.05, 3.63) is 67.0 Å². The number of rotatable bonds is 6. The number of benzene rings is 1. The molecule has 0 radical (unpaired) electrons. The Kier molecular flexibility index (Phi) is 4.85. The van der Waals surface area contributed by atoms with Crippen LogP contribution in [0.5, 0.6) is 11.5 Å². The topological polar surface area (TPSA) is 60.6 Å². The van der Waals surface area contributed by atoms with Gasteiger partial charge in [0.05, 0.1) is 20.4 Å². The maximum absolute atomic E-state index is 13.5. The van der Waals surface area contributed by atoms with Gasteiger partial charge in [-0.15, -0.1) is 0 Å². The van der Waals surface area contributed by atoms with Crippen LogP contribution in [0.2, 0.25) is 0 Å². The monoisotopic (exact) mass is 315 g/mol. The number of para-hydroxylation sites is 1. The first-order valence-corrected chi connectivity index (χ1v) is 6.75. The van der Waals surface area contributed by atoms with Crippen molar-refractivity contribution in [2.24, 2.45) is 5.73 Å². The zero-order valence-corrected chi connectivity index (χ0v) is 13.0. The highest BCUT2D eigenvalue weighted by Gasteiger charge is 2.22. The van der Waals surface area contributed by atoms with Crippen LogP contribution in [0.25, 0.3) is 5.70 Å². The van der Waals surface area contributed by atoms with Gasteiger partial charge in [-0.25, -0.2) is 4.39 Å². The van der Waals surface area contributed by atoms with Gasteiger partial charge in [0.25, 0.3) is 0 Å². The van der Waals surface area contributed by atoms with Gasteiger partial charge in [-0.05, 0) is 18.2 Å². The lowest BCUT2D eigenvalue weighted by molar-refractivity contribution is 0.396. The van der Waals surface area contributed by atoms with Crippen molar-refractivity contribution in [3.63, 3.8) is 0 Å². The molecule has 0 amide bonds. The summed E-state index contributed by atoms with van der Waals surface area (Å²) in [4.78, 5) is 5.37. The SMILES string of the molecule is C=C(N)N(C(=C)c1cncc(F)c1)c1c(OC)cccc1OC. The van der Waals surface area contributed by atoms with Crippen molar-refractivity contribution < 1.29 is 13.9 Å². The van der Waals surface area contributed by atoms with Gasteiger partial charge in [-0.2, -0.15) is 0 Å². The molecule has 2 rings (SSSR count). The fourth-order valence-electron chi connectivity index (χ4n) is 2.20. The zero-order chi connectivity index (χ0) is 17.0. The highest BCUT2D eigenvalue weighted by atomic mass is 19.1. The zero-order valence-electron chi connectivity index (χ0n) is 13.0. The van der Waals surface area contributed by atoms with Gasteiger partial charge < -0.3 is 15.2 Å². The predicted molar refractivity (Wildman–Crippen MR) is 88.6 cm³/mol. The molecule has 120 valence electrons. The molecule has 0 aliphatic rings. The first-order valence-electron chi connectivity index (χ1n) is 6.75. The van der Waals surface area contributed by atoms with E-state index >= 15 is 0 Å². The van der Waals surface area contributed by atoms with Crippen molar-refractivity contribution in [3.8, 4) is 11.5 Å². The third kappa shape index (κ3) is 3.26. The minimum atomic E-state index is -0.474. The summed E-state index contributed by atoms with van der Waals surface area (Å²) in [5.74, 6) is 0.739. The largest absolute Gasteiger partial charge is 0.494 e. The number of ether oxygens (including phenoxy) is 2. The smallest absolute Gasteiger partial charge is 0.146 e. The van der Waals surface area contributed by atoms with E-state index < -0.39 is 5.82 Å². The molecule has 1 aromatic heterocycles. The Labute approximate surface area is 134 Å². The van der Waals surface area contributed by atoms with Crippen molar-refractivity contribution in [1.82, 2.24) is 4.98 Å². The standard InChI is InChI=1S/C17H18FN3O2/c1-11(13-8-14(18)10-20-9-13)21(12(2)19)17-15(22-3)6-5-7-16(17)23-4/h5-10H,1-2,19H2,3-4H3. The molecule has 5 nitrogen and oxygen atoms in total. The molecule has 1 heterocycles. The van der Waals surface area contributed by atoms with E-state index in [-0.39, 0.29) is 5.82 Å². The Balaban J connectivity index is 2.60. The van der Waals surface area contributed by atoms with Crippen molar-refractivity contribution in [1.29, 1.82) is 0 Å². The summed E-state index contributed by atoms with van der Waals surface area (Å²) < 4.78 is 24.2. The van der Waals surface area contributed by atoms with Crippen molar-refractivity contribution in [2.75, 3.05) is 19.1 Å². The third-order valence-electron chi connectivity index (χ3n) is 3.22. The van der Waals surface area contributed by atoms with Crippen LogP contribution in [0.4, 0.5) is 10.1 Å². The molecule has 23 heavy (non-hydrogen) atoms. The Morgan fingerprint density at radius 1 is 1.17 bits per heavy atom. The van der Waals surface area contributed by atoms with Gasteiger partial charge in [0, 0.05) is 17.5 Å². The highest BCUT2D eigenvalue weighted by molar-refractivity contribution is 5.86. The summed E-state index contributed by atoms with van der Waals surface area (Å²) in [5, 5.41) is 0. The summed E-state index contributed by atoms with van der Waals surface area (Å²) in [6.45, 7) is 7.75. The number of hydrogen-bond donors (Lipinski definition) is 1. The molecule has 0 fully saturated rings. The van der Waals surface area contributed by atoms with E-state index in [2.05, 4.69) is 18.1 Å². The first kappa shape index (κ1) is 16.4. The second-order valence-electron chi connectivity index (χ2n) is 4.68. The molecule has 0 saturated carbocycles.